The number of aromatic nitrogens is 2. The van der Waals surface area contributed by atoms with E-state index in [2.05, 4.69) is 26.8 Å². The minimum Gasteiger partial charge on any atom is -0.497 e. The normalized spacial score (nSPS) is 16.2. The van der Waals surface area contributed by atoms with Gasteiger partial charge in [0.1, 0.15) is 5.75 Å². The molecule has 1 aliphatic rings. The van der Waals surface area contributed by atoms with E-state index in [4.69, 9.17) is 17.0 Å². The Morgan fingerprint density at radius 3 is 2.42 bits per heavy atom. The van der Waals surface area contributed by atoms with Gasteiger partial charge in [-0.2, -0.15) is 0 Å². The van der Waals surface area contributed by atoms with Crippen LogP contribution >= 0.6 is 12.2 Å². The molecule has 2 heterocycles. The molecule has 2 N–H and O–H groups in total. The van der Waals surface area contributed by atoms with E-state index in [1.165, 1.54) is 0 Å². The first kappa shape index (κ1) is 16.9. The third-order valence-corrected chi connectivity index (χ3v) is 4.60. The lowest BCUT2D eigenvalue weighted by Gasteiger charge is -2.32. The van der Waals surface area contributed by atoms with Gasteiger partial charge < -0.3 is 14.6 Å². The molecule has 0 saturated carbocycles. The molecule has 0 amide bonds. The van der Waals surface area contributed by atoms with E-state index < -0.39 is 0 Å². The molecule has 3 rings (SSSR count). The second-order valence-electron chi connectivity index (χ2n) is 6.07. The zero-order chi connectivity index (χ0) is 17.1. The van der Waals surface area contributed by atoms with Crippen LogP contribution in [0.15, 0.2) is 29.1 Å². The fourth-order valence-electron chi connectivity index (χ4n) is 2.90. The summed E-state index contributed by atoms with van der Waals surface area (Å²) >= 11 is 5.16. The largest absolute Gasteiger partial charge is 0.497 e. The maximum Gasteiger partial charge on any atom is 0.256 e. The molecular formula is C17H22N4O2S. The number of nitrogens with zero attached hydrogens (tertiary/aromatic N) is 2. The monoisotopic (exact) mass is 346 g/mol. The Hall–Kier alpha value is -1.96. The van der Waals surface area contributed by atoms with Crippen LogP contribution in [0, 0.1) is 4.77 Å². The van der Waals surface area contributed by atoms with Crippen molar-refractivity contribution >= 4 is 12.2 Å². The van der Waals surface area contributed by atoms with Crippen molar-refractivity contribution in [1.29, 1.82) is 0 Å². The molecular weight excluding hydrogens is 324 g/mol. The summed E-state index contributed by atoms with van der Waals surface area (Å²) in [5.74, 6) is 0.780. The molecule has 2 aromatic rings. The summed E-state index contributed by atoms with van der Waals surface area (Å²) in [6.45, 7) is 4.54. The fraction of sp³-hybridized carbons (Fsp3) is 0.412. The van der Waals surface area contributed by atoms with Crippen molar-refractivity contribution in [2.75, 3.05) is 40.3 Å². The molecule has 1 aromatic heterocycles. The van der Waals surface area contributed by atoms with Crippen molar-refractivity contribution in [2.45, 2.75) is 6.54 Å². The molecule has 128 valence electrons. The van der Waals surface area contributed by atoms with Gasteiger partial charge in [-0.1, -0.05) is 0 Å². The third kappa shape index (κ3) is 3.75. The van der Waals surface area contributed by atoms with Crippen molar-refractivity contribution < 1.29 is 4.74 Å². The maximum absolute atomic E-state index is 12.5. The van der Waals surface area contributed by atoms with E-state index >= 15 is 0 Å². The van der Waals surface area contributed by atoms with E-state index in [0.29, 0.717) is 11.3 Å². The predicted molar refractivity (Wildman–Crippen MR) is 97.0 cm³/mol. The number of hydrogen-bond acceptors (Lipinski definition) is 5. The van der Waals surface area contributed by atoms with Crippen LogP contribution in [-0.2, 0) is 6.54 Å². The number of benzene rings is 1. The van der Waals surface area contributed by atoms with Crippen LogP contribution in [0.1, 0.15) is 5.56 Å². The van der Waals surface area contributed by atoms with E-state index in [9.17, 15) is 4.79 Å². The Kier molecular flexibility index (Phi) is 5.13. The van der Waals surface area contributed by atoms with E-state index in [0.717, 1.165) is 48.7 Å². The molecule has 6 nitrogen and oxygen atoms in total. The summed E-state index contributed by atoms with van der Waals surface area (Å²) < 4.78 is 5.54. The average Bonchev–Trinajstić information content (AvgIpc) is 2.59. The second kappa shape index (κ2) is 7.29. The minimum atomic E-state index is -0.122. The van der Waals surface area contributed by atoms with Gasteiger partial charge in [0.05, 0.1) is 18.4 Å². The molecule has 1 saturated heterocycles. The average molecular weight is 346 g/mol. The molecule has 0 radical (unpaired) electrons. The summed E-state index contributed by atoms with van der Waals surface area (Å²) in [5, 5.41) is 0. The molecule has 0 bridgehead atoms. The lowest BCUT2D eigenvalue weighted by molar-refractivity contribution is 0.148. The minimum absolute atomic E-state index is 0.122. The lowest BCUT2D eigenvalue weighted by Crippen LogP contribution is -2.44. The number of aromatic amines is 2. The van der Waals surface area contributed by atoms with Crippen LogP contribution in [0.3, 0.4) is 0 Å². The maximum atomic E-state index is 12.5. The lowest BCUT2D eigenvalue weighted by atomic mass is 10.1. The van der Waals surface area contributed by atoms with Gasteiger partial charge in [-0.25, -0.2) is 0 Å². The van der Waals surface area contributed by atoms with Crippen LogP contribution in [0.4, 0.5) is 0 Å². The quantitative estimate of drug-likeness (QED) is 0.828. The van der Waals surface area contributed by atoms with Gasteiger partial charge in [0.25, 0.3) is 5.56 Å². The zero-order valence-electron chi connectivity index (χ0n) is 14.0. The van der Waals surface area contributed by atoms with Gasteiger partial charge in [0, 0.05) is 32.7 Å². The van der Waals surface area contributed by atoms with Gasteiger partial charge in [-0.15, -0.1) is 0 Å². The highest BCUT2D eigenvalue weighted by molar-refractivity contribution is 7.71. The molecule has 1 aromatic carbocycles. The van der Waals surface area contributed by atoms with Gasteiger partial charge in [-0.3, -0.25) is 14.7 Å². The number of hydrogen-bond donors (Lipinski definition) is 2. The number of nitrogens with one attached hydrogen (secondary N) is 2. The fourth-order valence-corrected chi connectivity index (χ4v) is 3.09. The summed E-state index contributed by atoms with van der Waals surface area (Å²) in [6, 6.07) is 7.64. The van der Waals surface area contributed by atoms with Crippen LogP contribution in [0.2, 0.25) is 0 Å². The Bertz CT molecular complexity index is 805. The van der Waals surface area contributed by atoms with Crippen LogP contribution in [-0.4, -0.2) is 60.1 Å². The molecule has 1 aliphatic heterocycles. The number of ether oxygens (including phenoxy) is 1. The smallest absolute Gasteiger partial charge is 0.256 e. The molecule has 1 fully saturated rings. The molecule has 0 aliphatic carbocycles. The standard InChI is InChI=1S/C17H22N4O2S/c1-20-7-9-21(10-8-20)11-14-15(18-17(24)19-16(14)22)12-3-5-13(23-2)6-4-12/h3-6H,7-11H2,1-2H3,(H2,18,19,22,24). The van der Waals surface area contributed by atoms with Crippen molar-refractivity contribution in [3.05, 3.63) is 45.0 Å². The Labute approximate surface area is 146 Å². The van der Waals surface area contributed by atoms with Gasteiger partial charge in [0.15, 0.2) is 4.77 Å². The van der Waals surface area contributed by atoms with Crippen LogP contribution < -0.4 is 10.3 Å². The van der Waals surface area contributed by atoms with Gasteiger partial charge in [-0.05, 0) is 49.1 Å². The summed E-state index contributed by atoms with van der Waals surface area (Å²) in [7, 11) is 3.75. The van der Waals surface area contributed by atoms with Crippen molar-refractivity contribution in [3.8, 4) is 17.0 Å². The number of piperazine rings is 1. The molecule has 0 spiro atoms. The molecule has 7 heteroatoms. The highest BCUT2D eigenvalue weighted by atomic mass is 32.1. The molecule has 24 heavy (non-hydrogen) atoms. The predicted octanol–water partition coefficient (Wildman–Crippen LogP) is 1.86. The van der Waals surface area contributed by atoms with E-state index in [-0.39, 0.29) is 5.56 Å². The Morgan fingerprint density at radius 2 is 1.79 bits per heavy atom. The highest BCUT2D eigenvalue weighted by Gasteiger charge is 2.18. The Morgan fingerprint density at radius 1 is 1.12 bits per heavy atom. The first-order valence-corrected chi connectivity index (χ1v) is 8.38. The Balaban J connectivity index is 1.95. The first-order valence-electron chi connectivity index (χ1n) is 7.97. The second-order valence-corrected chi connectivity index (χ2v) is 6.48. The van der Waals surface area contributed by atoms with Crippen molar-refractivity contribution in [3.63, 3.8) is 0 Å². The van der Waals surface area contributed by atoms with Crippen LogP contribution in [0.5, 0.6) is 5.75 Å². The van der Waals surface area contributed by atoms with E-state index in [1.54, 1.807) is 7.11 Å². The first-order chi connectivity index (χ1) is 11.6. The van der Waals surface area contributed by atoms with Crippen LogP contribution in [0.25, 0.3) is 11.3 Å². The number of rotatable bonds is 4. The number of H-pyrrole nitrogens is 2. The molecule has 0 unspecified atom stereocenters. The van der Waals surface area contributed by atoms with Gasteiger partial charge in [0.2, 0.25) is 0 Å². The summed E-state index contributed by atoms with van der Waals surface area (Å²) in [5.41, 5.74) is 2.31. The summed E-state index contributed by atoms with van der Waals surface area (Å²) in [4.78, 5) is 22.9. The molecule has 0 atom stereocenters. The number of methoxy groups -OCH3 is 1. The highest BCUT2D eigenvalue weighted by Crippen LogP contribution is 2.23. The topological polar surface area (TPSA) is 64.4 Å². The van der Waals surface area contributed by atoms with Crippen molar-refractivity contribution in [1.82, 2.24) is 19.8 Å². The zero-order valence-corrected chi connectivity index (χ0v) is 14.8. The van der Waals surface area contributed by atoms with Crippen molar-refractivity contribution in [2.24, 2.45) is 0 Å². The summed E-state index contributed by atoms with van der Waals surface area (Å²) in [6.07, 6.45) is 0. The van der Waals surface area contributed by atoms with E-state index in [1.807, 2.05) is 24.3 Å². The van der Waals surface area contributed by atoms with Gasteiger partial charge >= 0.3 is 0 Å². The number of likely N-dealkylation sites (N-methyl/N-ethyl adjacent to an activating group) is 1. The SMILES string of the molecule is COc1ccc(-c2[nH]c(=S)[nH]c(=O)c2CN2CCN(C)CC2)cc1. The third-order valence-electron chi connectivity index (χ3n) is 4.40.